The van der Waals surface area contributed by atoms with Crippen molar-refractivity contribution in [2.75, 3.05) is 0 Å². The SMILES string of the molecule is Cc1cccc(COC(=O)c2ccc(-n3nc(C)cc3C)nc2)c1. The first-order valence-electron chi connectivity index (χ1n) is 7.75. The summed E-state index contributed by atoms with van der Waals surface area (Å²) in [7, 11) is 0. The van der Waals surface area contributed by atoms with Crippen molar-refractivity contribution in [1.29, 1.82) is 0 Å². The quantitative estimate of drug-likeness (QED) is 0.690. The lowest BCUT2D eigenvalue weighted by Gasteiger charge is -2.07. The van der Waals surface area contributed by atoms with E-state index in [1.807, 2.05) is 51.1 Å². The van der Waals surface area contributed by atoms with E-state index in [1.54, 1.807) is 16.8 Å². The maximum atomic E-state index is 12.1. The summed E-state index contributed by atoms with van der Waals surface area (Å²) >= 11 is 0. The highest BCUT2D eigenvalue weighted by Crippen LogP contribution is 2.12. The summed E-state index contributed by atoms with van der Waals surface area (Å²) in [6.07, 6.45) is 1.52. The van der Waals surface area contributed by atoms with Crippen LogP contribution in [0.5, 0.6) is 0 Å². The van der Waals surface area contributed by atoms with Gasteiger partial charge >= 0.3 is 5.97 Å². The van der Waals surface area contributed by atoms with E-state index in [1.165, 1.54) is 6.20 Å². The van der Waals surface area contributed by atoms with E-state index < -0.39 is 0 Å². The molecule has 0 fully saturated rings. The van der Waals surface area contributed by atoms with Gasteiger partial charge in [-0.15, -0.1) is 0 Å². The molecule has 0 amide bonds. The molecule has 0 radical (unpaired) electrons. The molecule has 0 aliphatic carbocycles. The van der Waals surface area contributed by atoms with Crippen LogP contribution in [-0.2, 0) is 11.3 Å². The molecule has 0 atom stereocenters. The Labute approximate surface area is 140 Å². The summed E-state index contributed by atoms with van der Waals surface area (Å²) in [5.74, 6) is 0.291. The number of pyridine rings is 1. The zero-order chi connectivity index (χ0) is 17.1. The molecule has 0 aliphatic heterocycles. The summed E-state index contributed by atoms with van der Waals surface area (Å²) in [6.45, 7) is 6.15. The number of carbonyl (C=O) groups is 1. The zero-order valence-corrected chi connectivity index (χ0v) is 14.0. The van der Waals surface area contributed by atoms with E-state index in [9.17, 15) is 4.79 Å². The topological polar surface area (TPSA) is 57.0 Å². The van der Waals surface area contributed by atoms with Crippen LogP contribution in [0.3, 0.4) is 0 Å². The number of benzene rings is 1. The molecule has 3 rings (SSSR count). The largest absolute Gasteiger partial charge is 0.457 e. The fraction of sp³-hybridized carbons (Fsp3) is 0.211. The number of aromatic nitrogens is 3. The van der Waals surface area contributed by atoms with E-state index in [2.05, 4.69) is 10.1 Å². The molecule has 0 saturated heterocycles. The summed E-state index contributed by atoms with van der Waals surface area (Å²) in [6, 6.07) is 13.3. The van der Waals surface area contributed by atoms with E-state index in [4.69, 9.17) is 4.74 Å². The van der Waals surface area contributed by atoms with E-state index in [0.717, 1.165) is 22.5 Å². The zero-order valence-electron chi connectivity index (χ0n) is 14.0. The molecular formula is C19H19N3O2. The Morgan fingerprint density at radius 2 is 1.96 bits per heavy atom. The molecule has 3 aromatic rings. The summed E-state index contributed by atoms with van der Waals surface area (Å²) in [4.78, 5) is 16.5. The standard InChI is InChI=1S/C19H19N3O2/c1-13-5-4-6-16(9-13)12-24-19(23)17-7-8-18(20-11-17)22-15(3)10-14(2)21-22/h4-11H,12H2,1-3H3. The number of esters is 1. The molecule has 0 aliphatic rings. The number of hydrogen-bond donors (Lipinski definition) is 0. The van der Waals surface area contributed by atoms with Crippen molar-refractivity contribution in [2.24, 2.45) is 0 Å². The van der Waals surface area contributed by atoms with E-state index in [0.29, 0.717) is 11.4 Å². The van der Waals surface area contributed by atoms with Gasteiger partial charge in [-0.05, 0) is 44.5 Å². The second-order valence-electron chi connectivity index (χ2n) is 5.81. The van der Waals surface area contributed by atoms with E-state index in [-0.39, 0.29) is 12.6 Å². The van der Waals surface area contributed by atoms with Crippen molar-refractivity contribution in [2.45, 2.75) is 27.4 Å². The van der Waals surface area contributed by atoms with Crippen molar-refractivity contribution in [3.05, 3.63) is 76.7 Å². The molecule has 2 heterocycles. The van der Waals surface area contributed by atoms with Crippen LogP contribution in [0, 0.1) is 20.8 Å². The first kappa shape index (κ1) is 15.9. The normalized spacial score (nSPS) is 10.6. The Morgan fingerprint density at radius 1 is 1.12 bits per heavy atom. The summed E-state index contributed by atoms with van der Waals surface area (Å²) in [5.41, 5.74) is 4.45. The minimum Gasteiger partial charge on any atom is -0.457 e. The van der Waals surface area contributed by atoms with Crippen molar-refractivity contribution in [3.63, 3.8) is 0 Å². The van der Waals surface area contributed by atoms with Crippen molar-refractivity contribution in [3.8, 4) is 5.82 Å². The molecule has 2 aromatic heterocycles. The van der Waals surface area contributed by atoms with Gasteiger partial charge in [-0.25, -0.2) is 14.5 Å². The van der Waals surface area contributed by atoms with Crippen molar-refractivity contribution in [1.82, 2.24) is 14.8 Å². The molecule has 0 spiro atoms. The Kier molecular flexibility index (Phi) is 4.42. The third-order valence-corrected chi connectivity index (χ3v) is 3.66. The minimum absolute atomic E-state index is 0.250. The number of hydrogen-bond acceptors (Lipinski definition) is 4. The monoisotopic (exact) mass is 321 g/mol. The number of ether oxygens (including phenoxy) is 1. The van der Waals surface area contributed by atoms with Crippen LogP contribution < -0.4 is 0 Å². The van der Waals surface area contributed by atoms with Crippen LogP contribution in [0.25, 0.3) is 5.82 Å². The number of aryl methyl sites for hydroxylation is 3. The lowest BCUT2D eigenvalue weighted by Crippen LogP contribution is -2.08. The first-order chi connectivity index (χ1) is 11.5. The van der Waals surface area contributed by atoms with E-state index >= 15 is 0 Å². The van der Waals surface area contributed by atoms with Gasteiger partial charge in [-0.1, -0.05) is 29.8 Å². The van der Waals surface area contributed by atoms with Gasteiger partial charge in [0.05, 0.1) is 11.3 Å². The fourth-order valence-electron chi connectivity index (χ4n) is 2.53. The molecule has 0 bridgehead atoms. The first-order valence-corrected chi connectivity index (χ1v) is 7.75. The molecule has 5 heteroatoms. The van der Waals surface area contributed by atoms with Crippen LogP contribution in [0.2, 0.25) is 0 Å². The molecule has 122 valence electrons. The molecule has 0 N–H and O–H groups in total. The Bertz CT molecular complexity index is 867. The average Bonchev–Trinajstić information content (AvgIpc) is 2.91. The molecule has 0 unspecified atom stereocenters. The second-order valence-corrected chi connectivity index (χ2v) is 5.81. The third kappa shape index (κ3) is 3.51. The van der Waals surface area contributed by atoms with Crippen LogP contribution in [0.4, 0.5) is 0 Å². The lowest BCUT2D eigenvalue weighted by molar-refractivity contribution is 0.0472. The average molecular weight is 321 g/mol. The van der Waals surface area contributed by atoms with Gasteiger partial charge in [0.25, 0.3) is 0 Å². The fourth-order valence-corrected chi connectivity index (χ4v) is 2.53. The third-order valence-electron chi connectivity index (χ3n) is 3.66. The lowest BCUT2D eigenvalue weighted by atomic mass is 10.1. The van der Waals surface area contributed by atoms with Gasteiger partial charge in [0.2, 0.25) is 0 Å². The predicted molar refractivity (Wildman–Crippen MR) is 91.1 cm³/mol. The summed E-state index contributed by atoms with van der Waals surface area (Å²) < 4.78 is 7.09. The van der Waals surface area contributed by atoms with Crippen LogP contribution in [0.15, 0.2) is 48.7 Å². The molecule has 24 heavy (non-hydrogen) atoms. The highest BCUT2D eigenvalue weighted by atomic mass is 16.5. The van der Waals surface area contributed by atoms with Crippen LogP contribution in [0.1, 0.15) is 32.9 Å². The van der Waals surface area contributed by atoms with Gasteiger partial charge in [0.15, 0.2) is 5.82 Å². The minimum atomic E-state index is -0.385. The number of nitrogens with zero attached hydrogens (tertiary/aromatic N) is 3. The van der Waals surface area contributed by atoms with Gasteiger partial charge in [-0.2, -0.15) is 5.10 Å². The number of rotatable bonds is 4. The Hall–Kier alpha value is -2.95. The second kappa shape index (κ2) is 6.66. The highest BCUT2D eigenvalue weighted by Gasteiger charge is 2.10. The van der Waals surface area contributed by atoms with Crippen molar-refractivity contribution < 1.29 is 9.53 Å². The van der Waals surface area contributed by atoms with Crippen LogP contribution in [-0.4, -0.2) is 20.7 Å². The molecule has 5 nitrogen and oxygen atoms in total. The molecule has 0 saturated carbocycles. The number of carbonyl (C=O) groups excluding carboxylic acids is 1. The Balaban J connectivity index is 1.69. The van der Waals surface area contributed by atoms with Gasteiger partial charge in [0.1, 0.15) is 6.61 Å². The molecule has 1 aromatic carbocycles. The van der Waals surface area contributed by atoms with Crippen LogP contribution >= 0.6 is 0 Å². The predicted octanol–water partition coefficient (Wildman–Crippen LogP) is 3.55. The van der Waals surface area contributed by atoms with Gasteiger partial charge in [0, 0.05) is 11.9 Å². The Morgan fingerprint density at radius 3 is 2.58 bits per heavy atom. The highest BCUT2D eigenvalue weighted by molar-refractivity contribution is 5.89. The van der Waals surface area contributed by atoms with Gasteiger partial charge < -0.3 is 4.74 Å². The maximum Gasteiger partial charge on any atom is 0.340 e. The van der Waals surface area contributed by atoms with Crippen molar-refractivity contribution >= 4 is 5.97 Å². The van der Waals surface area contributed by atoms with Gasteiger partial charge in [-0.3, -0.25) is 0 Å². The smallest absolute Gasteiger partial charge is 0.340 e. The molecular weight excluding hydrogens is 302 g/mol. The summed E-state index contributed by atoms with van der Waals surface area (Å²) in [5, 5.41) is 4.38. The maximum absolute atomic E-state index is 12.1.